The minimum atomic E-state index is -0.0605. The Morgan fingerprint density at radius 2 is 2.07 bits per heavy atom. The van der Waals surface area contributed by atoms with Crippen LogP contribution in [0.3, 0.4) is 0 Å². The van der Waals surface area contributed by atoms with Crippen molar-refractivity contribution in [2.45, 2.75) is 44.6 Å². The Bertz CT molecular complexity index is 1020. The molecule has 2 heterocycles. The van der Waals surface area contributed by atoms with Crippen molar-refractivity contribution in [1.82, 2.24) is 20.4 Å². The number of rotatable bonds is 4. The molecular weight excluding hydrogens is 340 g/mol. The highest BCUT2D eigenvalue weighted by atomic mass is 16.5. The number of fused-ring (bicyclic) bond motifs is 1. The summed E-state index contributed by atoms with van der Waals surface area (Å²) in [6.07, 6.45) is 5.78. The second kappa shape index (κ2) is 6.30. The Balaban J connectivity index is 1.35. The quantitative estimate of drug-likeness (QED) is 0.767. The zero-order chi connectivity index (χ0) is 18.4. The molecular formula is C21H20N4O2. The molecule has 0 radical (unpaired) electrons. The van der Waals surface area contributed by atoms with Crippen molar-refractivity contribution in [2.24, 2.45) is 0 Å². The Morgan fingerprint density at radius 3 is 2.89 bits per heavy atom. The van der Waals surface area contributed by atoms with Crippen molar-refractivity contribution in [3.05, 3.63) is 64.8 Å². The molecule has 6 heteroatoms. The van der Waals surface area contributed by atoms with Gasteiger partial charge >= 0.3 is 0 Å². The third-order valence-electron chi connectivity index (χ3n) is 5.31. The first-order chi connectivity index (χ1) is 13.2. The van der Waals surface area contributed by atoms with Crippen LogP contribution in [-0.4, -0.2) is 21.0 Å². The molecule has 3 aromatic rings. The molecule has 2 aromatic heterocycles. The Hall–Kier alpha value is -3.02. The summed E-state index contributed by atoms with van der Waals surface area (Å²) in [6.45, 7) is 1.88. The monoisotopic (exact) mass is 360 g/mol. The number of hydrogen-bond acceptors (Lipinski definition) is 5. The number of pyridine rings is 1. The molecule has 1 N–H and O–H groups in total. The molecule has 5 rings (SSSR count). The summed E-state index contributed by atoms with van der Waals surface area (Å²) in [6, 6.07) is 9.80. The van der Waals surface area contributed by atoms with Gasteiger partial charge in [0.15, 0.2) is 0 Å². The average Bonchev–Trinajstić information content (AvgIpc) is 3.27. The fourth-order valence-electron chi connectivity index (χ4n) is 3.68. The number of aryl methyl sites for hydroxylation is 2. The topological polar surface area (TPSA) is 80.9 Å². The fourth-order valence-corrected chi connectivity index (χ4v) is 3.68. The van der Waals surface area contributed by atoms with Crippen LogP contribution in [0.15, 0.2) is 41.1 Å². The van der Waals surface area contributed by atoms with Gasteiger partial charge in [0.05, 0.1) is 6.04 Å². The van der Waals surface area contributed by atoms with Gasteiger partial charge in [-0.2, -0.15) is 4.98 Å². The van der Waals surface area contributed by atoms with Crippen molar-refractivity contribution >= 4 is 5.91 Å². The van der Waals surface area contributed by atoms with E-state index in [9.17, 15) is 4.79 Å². The summed E-state index contributed by atoms with van der Waals surface area (Å²) in [5.74, 6) is 1.80. The lowest BCUT2D eigenvalue weighted by molar-refractivity contribution is 0.0936. The maximum absolute atomic E-state index is 12.6. The van der Waals surface area contributed by atoms with Crippen LogP contribution >= 0.6 is 0 Å². The van der Waals surface area contributed by atoms with Crippen molar-refractivity contribution < 1.29 is 9.32 Å². The van der Waals surface area contributed by atoms with Gasteiger partial charge in [0.25, 0.3) is 5.91 Å². The molecule has 1 atom stereocenters. The Labute approximate surface area is 157 Å². The number of benzene rings is 1. The van der Waals surface area contributed by atoms with Gasteiger partial charge in [-0.1, -0.05) is 17.3 Å². The van der Waals surface area contributed by atoms with Crippen LogP contribution in [-0.2, 0) is 6.42 Å². The van der Waals surface area contributed by atoms with Crippen LogP contribution in [0.2, 0.25) is 0 Å². The molecule has 0 spiro atoms. The van der Waals surface area contributed by atoms with Gasteiger partial charge in [-0.3, -0.25) is 9.78 Å². The van der Waals surface area contributed by atoms with Gasteiger partial charge in [-0.05, 0) is 61.9 Å². The molecule has 136 valence electrons. The van der Waals surface area contributed by atoms with Crippen LogP contribution in [0.5, 0.6) is 0 Å². The summed E-state index contributed by atoms with van der Waals surface area (Å²) in [4.78, 5) is 21.2. The number of hydrogen-bond donors (Lipinski definition) is 1. The molecule has 1 fully saturated rings. The predicted octanol–water partition coefficient (Wildman–Crippen LogP) is 3.73. The predicted molar refractivity (Wildman–Crippen MR) is 99.2 cm³/mol. The molecule has 27 heavy (non-hydrogen) atoms. The van der Waals surface area contributed by atoms with Crippen LogP contribution in [0.4, 0.5) is 0 Å². The lowest BCUT2D eigenvalue weighted by Crippen LogP contribution is -2.27. The highest BCUT2D eigenvalue weighted by molar-refractivity contribution is 5.94. The van der Waals surface area contributed by atoms with Gasteiger partial charge in [-0.25, -0.2) is 0 Å². The van der Waals surface area contributed by atoms with E-state index >= 15 is 0 Å². The molecule has 1 saturated carbocycles. The number of aromatic nitrogens is 3. The molecule has 0 aliphatic heterocycles. The average molecular weight is 360 g/mol. The number of nitrogens with zero attached hydrogens (tertiary/aromatic N) is 3. The standard InChI is InChI=1S/C21H20N4O2/c1-12-10-16(8-9-22-12)20(26)23-18-7-5-14-11-15(4-6-17(14)18)19-24-21(27-25-19)13-2-3-13/h4,6,8-11,13,18H,2-3,5,7H2,1H3,(H,23,26)/t18-/m1/s1. The van der Waals surface area contributed by atoms with E-state index in [1.807, 2.05) is 19.1 Å². The summed E-state index contributed by atoms with van der Waals surface area (Å²) in [7, 11) is 0. The fraction of sp³-hybridized carbons (Fsp3) is 0.333. The lowest BCUT2D eigenvalue weighted by atomic mass is 10.0. The molecule has 1 aromatic carbocycles. The largest absolute Gasteiger partial charge is 0.345 e. The summed E-state index contributed by atoms with van der Waals surface area (Å²) < 4.78 is 5.37. The molecule has 2 aliphatic carbocycles. The Morgan fingerprint density at radius 1 is 1.19 bits per heavy atom. The van der Waals surface area contributed by atoms with E-state index in [0.717, 1.165) is 42.8 Å². The van der Waals surface area contributed by atoms with Crippen molar-refractivity contribution in [1.29, 1.82) is 0 Å². The van der Waals surface area contributed by atoms with E-state index in [0.29, 0.717) is 17.3 Å². The number of nitrogens with one attached hydrogen (secondary N) is 1. The van der Waals surface area contributed by atoms with Crippen molar-refractivity contribution in [2.75, 3.05) is 0 Å². The van der Waals surface area contributed by atoms with E-state index in [1.165, 1.54) is 11.1 Å². The summed E-state index contributed by atoms with van der Waals surface area (Å²) in [5.41, 5.74) is 4.86. The molecule has 6 nitrogen and oxygen atoms in total. The van der Waals surface area contributed by atoms with Crippen molar-refractivity contribution in [3.8, 4) is 11.4 Å². The molecule has 1 amide bonds. The number of amides is 1. The van der Waals surface area contributed by atoms with Crippen LogP contribution in [0, 0.1) is 6.92 Å². The molecule has 0 unspecified atom stereocenters. The van der Waals surface area contributed by atoms with E-state index < -0.39 is 0 Å². The first-order valence-corrected chi connectivity index (χ1v) is 9.38. The van der Waals surface area contributed by atoms with Crippen molar-refractivity contribution in [3.63, 3.8) is 0 Å². The maximum Gasteiger partial charge on any atom is 0.251 e. The molecule has 2 aliphatic rings. The summed E-state index contributed by atoms with van der Waals surface area (Å²) in [5, 5.41) is 7.28. The van der Waals surface area contributed by atoms with Crippen LogP contribution < -0.4 is 5.32 Å². The van der Waals surface area contributed by atoms with E-state index in [4.69, 9.17) is 4.52 Å². The highest BCUT2D eigenvalue weighted by Gasteiger charge is 2.30. The van der Waals surface area contributed by atoms with Crippen LogP contribution in [0.25, 0.3) is 11.4 Å². The third kappa shape index (κ3) is 3.12. The maximum atomic E-state index is 12.6. The molecule has 0 bridgehead atoms. The SMILES string of the molecule is Cc1cc(C(=O)N[C@@H]2CCc3cc(-c4noc(C5CC5)n4)ccc32)ccn1. The van der Waals surface area contributed by atoms with Gasteiger partial charge < -0.3 is 9.84 Å². The lowest BCUT2D eigenvalue weighted by Gasteiger charge is -2.14. The highest BCUT2D eigenvalue weighted by Crippen LogP contribution is 2.40. The zero-order valence-electron chi connectivity index (χ0n) is 15.1. The van der Waals surface area contributed by atoms with Gasteiger partial charge in [0.2, 0.25) is 11.7 Å². The van der Waals surface area contributed by atoms with Gasteiger partial charge in [0.1, 0.15) is 0 Å². The van der Waals surface area contributed by atoms with E-state index in [2.05, 4.69) is 32.6 Å². The minimum absolute atomic E-state index is 0.0299. The third-order valence-corrected chi connectivity index (χ3v) is 5.31. The van der Waals surface area contributed by atoms with Gasteiger partial charge in [-0.15, -0.1) is 0 Å². The van der Waals surface area contributed by atoms with Crippen LogP contribution in [0.1, 0.15) is 64.3 Å². The van der Waals surface area contributed by atoms with E-state index in [1.54, 1.807) is 12.3 Å². The summed E-state index contributed by atoms with van der Waals surface area (Å²) >= 11 is 0. The normalized spacial score (nSPS) is 18.3. The van der Waals surface area contributed by atoms with E-state index in [-0.39, 0.29) is 11.9 Å². The second-order valence-corrected chi connectivity index (χ2v) is 7.39. The minimum Gasteiger partial charge on any atom is -0.345 e. The number of carbonyl (C=O) groups excluding carboxylic acids is 1. The second-order valence-electron chi connectivity index (χ2n) is 7.39. The first-order valence-electron chi connectivity index (χ1n) is 9.38. The smallest absolute Gasteiger partial charge is 0.251 e. The van der Waals surface area contributed by atoms with Gasteiger partial charge in [0, 0.05) is 28.9 Å². The zero-order valence-corrected chi connectivity index (χ0v) is 15.1. The number of carbonyl (C=O) groups is 1. The first kappa shape index (κ1) is 16.2. The Kier molecular flexibility index (Phi) is 3.77. The molecule has 0 saturated heterocycles.